The molecule has 0 aliphatic heterocycles. The Hall–Kier alpha value is -1.68. The Bertz CT molecular complexity index is 477. The number of nitrogens with two attached hydrogens (primary N) is 1. The summed E-state index contributed by atoms with van der Waals surface area (Å²) >= 11 is 0. The second kappa shape index (κ2) is 3.82. The smallest absolute Gasteiger partial charge is 0.167 e. The highest BCUT2D eigenvalue weighted by atomic mass is 16.5. The monoisotopic (exact) mass is 206 g/mol. The van der Waals surface area contributed by atoms with Crippen LogP contribution in [0.2, 0.25) is 0 Å². The molecule has 4 nitrogen and oxygen atoms in total. The maximum Gasteiger partial charge on any atom is 0.167 e. The first kappa shape index (κ1) is 9.86. The number of H-pyrrole nitrogens is 1. The molecule has 0 spiro atoms. The van der Waals surface area contributed by atoms with Gasteiger partial charge in [-0.3, -0.25) is 0 Å². The molecule has 0 amide bonds. The van der Waals surface area contributed by atoms with Gasteiger partial charge in [-0.25, -0.2) is 0 Å². The zero-order valence-corrected chi connectivity index (χ0v) is 8.58. The van der Waals surface area contributed by atoms with E-state index in [2.05, 4.69) is 4.98 Å². The number of rotatable bonds is 3. The number of hydrogen-bond acceptors (Lipinski definition) is 3. The molecule has 4 N–H and O–H groups in total. The van der Waals surface area contributed by atoms with Crippen molar-refractivity contribution in [2.45, 2.75) is 6.42 Å². The van der Waals surface area contributed by atoms with Gasteiger partial charge in [-0.15, -0.1) is 0 Å². The highest BCUT2D eigenvalue weighted by Crippen LogP contribution is 2.36. The predicted molar refractivity (Wildman–Crippen MR) is 59.3 cm³/mol. The molecule has 0 fully saturated rings. The molecule has 0 aliphatic rings. The van der Waals surface area contributed by atoms with Crippen LogP contribution in [0.5, 0.6) is 11.5 Å². The Balaban J connectivity index is 2.65. The van der Waals surface area contributed by atoms with Crippen LogP contribution < -0.4 is 10.5 Å². The lowest BCUT2D eigenvalue weighted by Crippen LogP contribution is -2.01. The molecular weight excluding hydrogens is 192 g/mol. The molecule has 0 saturated heterocycles. The van der Waals surface area contributed by atoms with Crippen LogP contribution in [-0.4, -0.2) is 23.7 Å². The Morgan fingerprint density at radius 3 is 2.93 bits per heavy atom. The van der Waals surface area contributed by atoms with Crippen molar-refractivity contribution in [2.24, 2.45) is 5.73 Å². The van der Waals surface area contributed by atoms with Gasteiger partial charge in [0.15, 0.2) is 11.5 Å². The van der Waals surface area contributed by atoms with E-state index in [-0.39, 0.29) is 5.75 Å². The molecule has 2 rings (SSSR count). The van der Waals surface area contributed by atoms with E-state index in [0.717, 1.165) is 22.9 Å². The van der Waals surface area contributed by atoms with E-state index in [9.17, 15) is 5.11 Å². The summed E-state index contributed by atoms with van der Waals surface area (Å²) in [4.78, 5) is 3.09. The van der Waals surface area contributed by atoms with Gasteiger partial charge in [-0.2, -0.15) is 0 Å². The minimum atomic E-state index is 0.180. The number of ether oxygens (including phenoxy) is 1. The molecule has 80 valence electrons. The minimum absolute atomic E-state index is 0.180. The zero-order valence-electron chi connectivity index (χ0n) is 8.58. The van der Waals surface area contributed by atoms with Gasteiger partial charge in [0.05, 0.1) is 7.11 Å². The van der Waals surface area contributed by atoms with E-state index in [1.165, 1.54) is 7.11 Å². The van der Waals surface area contributed by atoms with Gasteiger partial charge < -0.3 is 20.6 Å². The first-order valence-electron chi connectivity index (χ1n) is 4.84. The number of fused-ring (bicyclic) bond motifs is 1. The maximum absolute atomic E-state index is 9.96. The summed E-state index contributed by atoms with van der Waals surface area (Å²) in [6.07, 6.45) is 2.61. The zero-order chi connectivity index (χ0) is 10.8. The number of nitrogens with one attached hydrogen (secondary N) is 1. The van der Waals surface area contributed by atoms with Crippen molar-refractivity contribution in [3.63, 3.8) is 0 Å². The van der Waals surface area contributed by atoms with Crippen LogP contribution in [0.15, 0.2) is 18.3 Å². The Labute approximate surface area is 87.7 Å². The molecule has 0 radical (unpaired) electrons. The topological polar surface area (TPSA) is 71.3 Å². The van der Waals surface area contributed by atoms with Crippen molar-refractivity contribution in [3.05, 3.63) is 23.9 Å². The standard InChI is InChI=1S/C11H14N2O2/c1-15-9-3-2-8-10(11(9)14)7(4-5-12)6-13-8/h2-3,6,13-14H,4-5,12H2,1H3. The number of aromatic hydroxyl groups is 1. The minimum Gasteiger partial charge on any atom is -0.504 e. The fourth-order valence-electron chi connectivity index (χ4n) is 1.77. The van der Waals surface area contributed by atoms with E-state index >= 15 is 0 Å². The Kier molecular flexibility index (Phi) is 2.51. The fraction of sp³-hybridized carbons (Fsp3) is 0.273. The third-order valence-electron chi connectivity index (χ3n) is 2.50. The van der Waals surface area contributed by atoms with Crippen LogP contribution in [0.1, 0.15) is 5.56 Å². The highest BCUT2D eigenvalue weighted by molar-refractivity contribution is 5.91. The number of phenols is 1. The van der Waals surface area contributed by atoms with Gasteiger partial charge in [0, 0.05) is 17.1 Å². The molecule has 0 saturated carbocycles. The van der Waals surface area contributed by atoms with Crippen molar-refractivity contribution in [3.8, 4) is 11.5 Å². The third kappa shape index (κ3) is 1.53. The molecule has 0 unspecified atom stereocenters. The third-order valence-corrected chi connectivity index (χ3v) is 2.50. The van der Waals surface area contributed by atoms with Crippen molar-refractivity contribution in [2.75, 3.05) is 13.7 Å². The molecule has 0 aliphatic carbocycles. The van der Waals surface area contributed by atoms with E-state index in [0.29, 0.717) is 12.3 Å². The lowest BCUT2D eigenvalue weighted by molar-refractivity contribution is 0.376. The van der Waals surface area contributed by atoms with Crippen LogP contribution >= 0.6 is 0 Å². The largest absolute Gasteiger partial charge is 0.504 e. The van der Waals surface area contributed by atoms with Crippen LogP contribution in [-0.2, 0) is 6.42 Å². The second-order valence-electron chi connectivity index (χ2n) is 3.39. The van der Waals surface area contributed by atoms with Gasteiger partial charge >= 0.3 is 0 Å². The van der Waals surface area contributed by atoms with E-state index in [4.69, 9.17) is 10.5 Å². The van der Waals surface area contributed by atoms with Crippen molar-refractivity contribution in [1.82, 2.24) is 4.98 Å². The van der Waals surface area contributed by atoms with Crippen molar-refractivity contribution < 1.29 is 9.84 Å². The summed E-state index contributed by atoms with van der Waals surface area (Å²) in [5.74, 6) is 0.667. The average molecular weight is 206 g/mol. The van der Waals surface area contributed by atoms with Gasteiger partial charge in [-0.1, -0.05) is 0 Å². The number of aromatic nitrogens is 1. The predicted octanol–water partition coefficient (Wildman–Crippen LogP) is 1.38. The summed E-state index contributed by atoms with van der Waals surface area (Å²) in [5, 5.41) is 10.8. The molecule has 4 heteroatoms. The lowest BCUT2D eigenvalue weighted by atomic mass is 10.1. The number of phenolic OH excluding ortho intramolecular Hbond substituents is 1. The molecule has 1 heterocycles. The first-order chi connectivity index (χ1) is 7.27. The summed E-state index contributed by atoms with van der Waals surface area (Å²) in [5.41, 5.74) is 7.42. The van der Waals surface area contributed by atoms with Crippen molar-refractivity contribution in [1.29, 1.82) is 0 Å². The van der Waals surface area contributed by atoms with Crippen molar-refractivity contribution >= 4 is 10.9 Å². The van der Waals surface area contributed by atoms with Gasteiger partial charge in [0.1, 0.15) is 0 Å². The van der Waals surface area contributed by atoms with E-state index in [1.807, 2.05) is 12.3 Å². The summed E-state index contributed by atoms with van der Waals surface area (Å²) < 4.78 is 5.06. The van der Waals surface area contributed by atoms with Crippen LogP contribution in [0, 0.1) is 0 Å². The SMILES string of the molecule is COc1ccc2[nH]cc(CCN)c2c1O. The molecule has 15 heavy (non-hydrogen) atoms. The highest BCUT2D eigenvalue weighted by Gasteiger charge is 2.11. The Morgan fingerprint density at radius 2 is 2.27 bits per heavy atom. The van der Waals surface area contributed by atoms with Gasteiger partial charge in [0.25, 0.3) is 0 Å². The molecule has 0 atom stereocenters. The lowest BCUT2D eigenvalue weighted by Gasteiger charge is -2.05. The van der Waals surface area contributed by atoms with Crippen LogP contribution in [0.25, 0.3) is 10.9 Å². The second-order valence-corrected chi connectivity index (χ2v) is 3.39. The molecular formula is C11H14N2O2. The summed E-state index contributed by atoms with van der Waals surface area (Å²) in [6.45, 7) is 0.559. The number of methoxy groups -OCH3 is 1. The molecule has 1 aromatic carbocycles. The summed E-state index contributed by atoms with van der Waals surface area (Å²) in [7, 11) is 1.54. The summed E-state index contributed by atoms with van der Waals surface area (Å²) in [6, 6.07) is 3.62. The van der Waals surface area contributed by atoms with Gasteiger partial charge in [0.2, 0.25) is 0 Å². The maximum atomic E-state index is 9.96. The molecule has 2 aromatic rings. The molecule has 0 bridgehead atoms. The van der Waals surface area contributed by atoms with Gasteiger partial charge in [-0.05, 0) is 30.7 Å². The molecule has 1 aromatic heterocycles. The van der Waals surface area contributed by atoms with Crippen LogP contribution in [0.3, 0.4) is 0 Å². The Morgan fingerprint density at radius 1 is 1.47 bits per heavy atom. The van der Waals surface area contributed by atoms with Crippen LogP contribution in [0.4, 0.5) is 0 Å². The number of benzene rings is 1. The quantitative estimate of drug-likeness (QED) is 0.710. The number of hydrogen-bond donors (Lipinski definition) is 3. The van der Waals surface area contributed by atoms with E-state index < -0.39 is 0 Å². The van der Waals surface area contributed by atoms with E-state index in [1.54, 1.807) is 6.07 Å². The normalized spacial score (nSPS) is 10.8. The fourth-order valence-corrected chi connectivity index (χ4v) is 1.77. The number of aromatic amines is 1. The average Bonchev–Trinajstić information content (AvgIpc) is 2.64. The first-order valence-corrected chi connectivity index (χ1v) is 4.84.